The third kappa shape index (κ3) is 5.55. The number of ether oxygens (including phenoxy) is 1. The zero-order valence-corrected chi connectivity index (χ0v) is 16.0. The van der Waals surface area contributed by atoms with Crippen molar-refractivity contribution >= 4 is 23.4 Å². The molecule has 5 N–H and O–H groups in total. The van der Waals surface area contributed by atoms with Crippen LogP contribution in [0.1, 0.15) is 28.8 Å². The Morgan fingerprint density at radius 3 is 2.66 bits per heavy atom. The molecule has 0 aliphatic carbocycles. The first-order valence-electron chi connectivity index (χ1n) is 9.37. The van der Waals surface area contributed by atoms with Crippen molar-refractivity contribution in [1.82, 2.24) is 4.90 Å². The Hall–Kier alpha value is -3.39. The largest absolute Gasteiger partial charge is 0.484 e. The Morgan fingerprint density at radius 1 is 1.10 bits per heavy atom. The molecule has 1 aliphatic heterocycles. The highest BCUT2D eigenvalue weighted by atomic mass is 16.5. The van der Waals surface area contributed by atoms with Gasteiger partial charge in [-0.15, -0.1) is 0 Å². The number of amides is 3. The van der Waals surface area contributed by atoms with Gasteiger partial charge in [0.1, 0.15) is 5.75 Å². The van der Waals surface area contributed by atoms with Crippen molar-refractivity contribution in [3.63, 3.8) is 0 Å². The van der Waals surface area contributed by atoms with E-state index < -0.39 is 5.91 Å². The molecule has 1 atom stereocenters. The van der Waals surface area contributed by atoms with Gasteiger partial charge in [-0.3, -0.25) is 19.3 Å². The molecule has 0 saturated carbocycles. The summed E-state index contributed by atoms with van der Waals surface area (Å²) >= 11 is 0. The number of carbonyl (C=O) groups is 3. The van der Waals surface area contributed by atoms with E-state index in [4.69, 9.17) is 16.2 Å². The van der Waals surface area contributed by atoms with Crippen LogP contribution in [-0.4, -0.2) is 41.8 Å². The van der Waals surface area contributed by atoms with Gasteiger partial charge in [0, 0.05) is 17.8 Å². The van der Waals surface area contributed by atoms with Gasteiger partial charge in [-0.2, -0.15) is 0 Å². The van der Waals surface area contributed by atoms with Crippen LogP contribution in [0.3, 0.4) is 0 Å². The lowest BCUT2D eigenvalue weighted by Crippen LogP contribution is -2.39. The van der Waals surface area contributed by atoms with Crippen LogP contribution in [0.4, 0.5) is 5.69 Å². The van der Waals surface area contributed by atoms with E-state index in [2.05, 4.69) is 10.2 Å². The molecular formula is C21H24N4O4. The summed E-state index contributed by atoms with van der Waals surface area (Å²) in [5, 5.41) is 2.78. The second-order valence-corrected chi connectivity index (χ2v) is 6.96. The zero-order valence-electron chi connectivity index (χ0n) is 16.0. The van der Waals surface area contributed by atoms with Crippen LogP contribution in [0.15, 0.2) is 48.5 Å². The van der Waals surface area contributed by atoms with Gasteiger partial charge < -0.3 is 21.5 Å². The molecule has 3 rings (SSSR count). The molecule has 1 aliphatic rings. The molecule has 0 bridgehead atoms. The molecule has 0 radical (unpaired) electrons. The van der Waals surface area contributed by atoms with E-state index in [1.54, 1.807) is 24.3 Å². The van der Waals surface area contributed by atoms with E-state index in [-0.39, 0.29) is 24.5 Å². The number of anilines is 1. The molecule has 1 unspecified atom stereocenters. The first-order chi connectivity index (χ1) is 13.9. The Bertz CT molecular complexity index is 915. The number of primary amides is 2. The SMILES string of the molecule is NC(=O)c1cccc(OCC(=O)Nc2cccc(CN3CCCC3C(N)=O)c2)c1. The smallest absolute Gasteiger partial charge is 0.262 e. The maximum Gasteiger partial charge on any atom is 0.262 e. The highest BCUT2D eigenvalue weighted by molar-refractivity contribution is 5.93. The number of hydrogen-bond acceptors (Lipinski definition) is 5. The average Bonchev–Trinajstić information content (AvgIpc) is 3.15. The molecule has 29 heavy (non-hydrogen) atoms. The number of hydrogen-bond donors (Lipinski definition) is 3. The lowest BCUT2D eigenvalue weighted by molar-refractivity contribution is -0.122. The topological polar surface area (TPSA) is 128 Å². The molecule has 3 amide bonds. The number of likely N-dealkylation sites (tertiary alicyclic amines) is 1. The second-order valence-electron chi connectivity index (χ2n) is 6.96. The van der Waals surface area contributed by atoms with E-state index in [1.165, 1.54) is 6.07 Å². The summed E-state index contributed by atoms with van der Waals surface area (Å²) < 4.78 is 5.43. The minimum atomic E-state index is -0.562. The van der Waals surface area contributed by atoms with Crippen molar-refractivity contribution in [3.05, 3.63) is 59.7 Å². The van der Waals surface area contributed by atoms with E-state index in [0.717, 1.165) is 24.9 Å². The van der Waals surface area contributed by atoms with E-state index in [9.17, 15) is 14.4 Å². The van der Waals surface area contributed by atoms with Crippen molar-refractivity contribution < 1.29 is 19.1 Å². The predicted molar refractivity (Wildman–Crippen MR) is 108 cm³/mol. The fraction of sp³-hybridized carbons (Fsp3) is 0.286. The summed E-state index contributed by atoms with van der Waals surface area (Å²) in [5.74, 6) is -0.808. The molecule has 2 aromatic carbocycles. The molecule has 0 aromatic heterocycles. The molecule has 1 fully saturated rings. The maximum atomic E-state index is 12.2. The summed E-state index contributed by atoms with van der Waals surface area (Å²) in [6, 6.07) is 13.5. The van der Waals surface area contributed by atoms with Crippen LogP contribution in [-0.2, 0) is 16.1 Å². The van der Waals surface area contributed by atoms with Crippen LogP contribution in [0.5, 0.6) is 5.75 Å². The van der Waals surface area contributed by atoms with Crippen LogP contribution in [0.2, 0.25) is 0 Å². The summed E-state index contributed by atoms with van der Waals surface area (Å²) in [7, 11) is 0. The van der Waals surface area contributed by atoms with Gasteiger partial charge in [0.25, 0.3) is 5.91 Å². The summed E-state index contributed by atoms with van der Waals surface area (Å²) in [6.45, 7) is 1.21. The fourth-order valence-electron chi connectivity index (χ4n) is 3.40. The lowest BCUT2D eigenvalue weighted by atomic mass is 10.1. The van der Waals surface area contributed by atoms with Gasteiger partial charge in [0.15, 0.2) is 6.61 Å². The minimum absolute atomic E-state index is 0.206. The zero-order chi connectivity index (χ0) is 20.8. The van der Waals surface area contributed by atoms with Crippen molar-refractivity contribution in [2.75, 3.05) is 18.5 Å². The summed E-state index contributed by atoms with van der Waals surface area (Å²) in [4.78, 5) is 37.0. The van der Waals surface area contributed by atoms with Gasteiger partial charge in [-0.25, -0.2) is 0 Å². The molecular weight excluding hydrogens is 372 g/mol. The quantitative estimate of drug-likeness (QED) is 0.619. The van der Waals surface area contributed by atoms with Crippen molar-refractivity contribution in [1.29, 1.82) is 0 Å². The molecule has 2 aromatic rings. The van der Waals surface area contributed by atoms with Crippen LogP contribution in [0.25, 0.3) is 0 Å². The standard InChI is InChI=1S/C21H24N4O4/c22-20(27)15-5-2-7-17(11-15)29-13-19(26)24-16-6-1-4-14(10-16)12-25-9-3-8-18(25)21(23)28/h1-2,4-7,10-11,18H,3,8-9,12-13H2,(H2,22,27)(H2,23,28)(H,24,26). The first-order valence-corrected chi connectivity index (χ1v) is 9.37. The third-order valence-corrected chi connectivity index (χ3v) is 4.78. The molecule has 8 nitrogen and oxygen atoms in total. The first kappa shape index (κ1) is 20.3. The van der Waals surface area contributed by atoms with Gasteiger partial charge in [0.05, 0.1) is 6.04 Å². The number of nitrogens with one attached hydrogen (secondary N) is 1. The van der Waals surface area contributed by atoms with Gasteiger partial charge >= 0.3 is 0 Å². The van der Waals surface area contributed by atoms with Crippen molar-refractivity contribution in [2.45, 2.75) is 25.4 Å². The highest BCUT2D eigenvalue weighted by Crippen LogP contribution is 2.21. The maximum absolute atomic E-state index is 12.2. The van der Waals surface area contributed by atoms with Gasteiger partial charge in [0.2, 0.25) is 11.8 Å². The second kappa shape index (κ2) is 9.20. The number of nitrogens with two attached hydrogens (primary N) is 2. The Morgan fingerprint density at radius 2 is 1.90 bits per heavy atom. The number of benzene rings is 2. The normalized spacial score (nSPS) is 16.3. The minimum Gasteiger partial charge on any atom is -0.484 e. The van der Waals surface area contributed by atoms with Crippen LogP contribution >= 0.6 is 0 Å². The van der Waals surface area contributed by atoms with E-state index in [1.807, 2.05) is 18.2 Å². The van der Waals surface area contributed by atoms with Gasteiger partial charge in [-0.1, -0.05) is 18.2 Å². The van der Waals surface area contributed by atoms with Crippen LogP contribution < -0.4 is 21.5 Å². The van der Waals surface area contributed by atoms with Gasteiger partial charge in [-0.05, 0) is 55.3 Å². The average molecular weight is 396 g/mol. The highest BCUT2D eigenvalue weighted by Gasteiger charge is 2.28. The predicted octanol–water partition coefficient (Wildman–Crippen LogP) is 1.25. The molecule has 152 valence electrons. The van der Waals surface area contributed by atoms with Crippen molar-refractivity contribution in [2.24, 2.45) is 11.5 Å². The Kier molecular flexibility index (Phi) is 6.46. The summed E-state index contributed by atoms with van der Waals surface area (Å²) in [5.41, 5.74) is 12.6. The lowest BCUT2D eigenvalue weighted by Gasteiger charge is -2.22. The summed E-state index contributed by atoms with van der Waals surface area (Å²) in [6.07, 6.45) is 1.72. The molecule has 1 heterocycles. The Balaban J connectivity index is 1.55. The van der Waals surface area contributed by atoms with Crippen molar-refractivity contribution in [3.8, 4) is 5.75 Å². The number of nitrogens with zero attached hydrogens (tertiary/aromatic N) is 1. The fourth-order valence-corrected chi connectivity index (χ4v) is 3.40. The van der Waals surface area contributed by atoms with E-state index in [0.29, 0.717) is 23.5 Å². The van der Waals surface area contributed by atoms with Crippen LogP contribution in [0, 0.1) is 0 Å². The molecule has 0 spiro atoms. The third-order valence-electron chi connectivity index (χ3n) is 4.78. The Labute approximate surface area is 168 Å². The monoisotopic (exact) mass is 396 g/mol. The molecule has 8 heteroatoms. The van der Waals surface area contributed by atoms with E-state index >= 15 is 0 Å². The number of carbonyl (C=O) groups excluding carboxylic acids is 3. The number of rotatable bonds is 8. The molecule has 1 saturated heterocycles.